The Morgan fingerprint density at radius 3 is 2.65 bits per heavy atom. The average Bonchev–Trinajstić information content (AvgIpc) is 3.50. The number of thiazole rings is 1. The summed E-state index contributed by atoms with van der Waals surface area (Å²) in [4.78, 5) is 28.6. The molecule has 1 aromatic heterocycles. The summed E-state index contributed by atoms with van der Waals surface area (Å²) in [5, 5.41) is 17.1. The molecule has 6 nitrogen and oxygen atoms in total. The summed E-state index contributed by atoms with van der Waals surface area (Å²) in [5.74, 6) is 0.846. The van der Waals surface area contributed by atoms with Crippen LogP contribution < -0.4 is 10.6 Å². The summed E-state index contributed by atoms with van der Waals surface area (Å²) in [6.45, 7) is 0.675. The second kappa shape index (κ2) is 9.98. The van der Waals surface area contributed by atoms with Gasteiger partial charge in [0.1, 0.15) is 0 Å². The van der Waals surface area contributed by atoms with Crippen molar-refractivity contribution in [3.63, 3.8) is 0 Å². The predicted molar refractivity (Wildman–Crippen MR) is 125 cm³/mol. The molecule has 1 heterocycles. The van der Waals surface area contributed by atoms with Crippen LogP contribution in [0, 0.1) is 5.92 Å². The van der Waals surface area contributed by atoms with Gasteiger partial charge in [0.2, 0.25) is 0 Å². The molecule has 0 unspecified atom stereocenters. The van der Waals surface area contributed by atoms with Crippen molar-refractivity contribution in [1.29, 1.82) is 0 Å². The quantitative estimate of drug-likeness (QED) is 0.368. The number of carbonyl (C=O) groups excluding carboxylic acids is 1. The van der Waals surface area contributed by atoms with Crippen molar-refractivity contribution in [1.82, 2.24) is 4.98 Å². The average molecular weight is 454 g/mol. The van der Waals surface area contributed by atoms with Crippen molar-refractivity contribution < 1.29 is 14.7 Å². The van der Waals surface area contributed by atoms with Gasteiger partial charge in [0, 0.05) is 33.8 Å². The number of anilines is 2. The third-order valence-electron chi connectivity index (χ3n) is 4.86. The van der Waals surface area contributed by atoms with Crippen molar-refractivity contribution in [3.05, 3.63) is 70.7 Å². The first-order valence-electron chi connectivity index (χ1n) is 10.1. The molecule has 1 amide bonds. The number of carboxylic acid groups (broad SMARTS) is 1. The molecule has 0 bridgehead atoms. The molecule has 3 aromatic rings. The number of nitrogens with zero attached hydrogens (tertiary/aromatic N) is 1. The molecule has 1 aliphatic carbocycles. The Balaban J connectivity index is 1.31. The number of hydrogen-bond donors (Lipinski definition) is 3. The first-order valence-corrected chi connectivity index (χ1v) is 12.0. The number of carbonyl (C=O) groups is 2. The highest BCUT2D eigenvalue weighted by molar-refractivity contribution is 7.99. The van der Waals surface area contributed by atoms with Gasteiger partial charge in [-0.25, -0.2) is 4.98 Å². The maximum Gasteiger partial charge on any atom is 0.309 e. The summed E-state index contributed by atoms with van der Waals surface area (Å²) in [6.07, 6.45) is 2.55. The van der Waals surface area contributed by atoms with Crippen LogP contribution in [0.5, 0.6) is 0 Å². The number of aliphatic carboxylic acids is 1. The zero-order valence-corrected chi connectivity index (χ0v) is 18.5. The largest absolute Gasteiger partial charge is 0.481 e. The second-order valence-corrected chi connectivity index (χ2v) is 9.39. The summed E-state index contributed by atoms with van der Waals surface area (Å²) >= 11 is 3.13. The van der Waals surface area contributed by atoms with Gasteiger partial charge in [-0.05, 0) is 48.6 Å². The fourth-order valence-electron chi connectivity index (χ4n) is 2.97. The van der Waals surface area contributed by atoms with Crippen molar-refractivity contribution >= 4 is 45.8 Å². The minimum atomic E-state index is -0.948. The van der Waals surface area contributed by atoms with Crippen LogP contribution >= 0.6 is 23.1 Å². The zero-order chi connectivity index (χ0) is 21.6. The number of amides is 1. The SMILES string of the molecule is O=C(O)Cc1csc(NC(=O)c2ccc(CNc3ccccc3SCC3CC3)cc2)n1. The summed E-state index contributed by atoms with van der Waals surface area (Å²) < 4.78 is 0. The number of rotatable bonds is 10. The number of nitrogens with one attached hydrogen (secondary N) is 2. The number of carboxylic acids is 1. The highest BCUT2D eigenvalue weighted by atomic mass is 32.2. The van der Waals surface area contributed by atoms with E-state index in [4.69, 9.17) is 5.11 Å². The predicted octanol–water partition coefficient (Wildman–Crippen LogP) is 5.14. The van der Waals surface area contributed by atoms with Crippen molar-refractivity contribution in [2.75, 3.05) is 16.4 Å². The minimum absolute atomic E-state index is 0.156. The fraction of sp³-hybridized carbons (Fsp3) is 0.261. The van der Waals surface area contributed by atoms with E-state index in [2.05, 4.69) is 33.8 Å². The lowest BCUT2D eigenvalue weighted by Gasteiger charge is -2.12. The van der Waals surface area contributed by atoms with Crippen LogP contribution in [0.2, 0.25) is 0 Å². The molecule has 4 rings (SSSR count). The Morgan fingerprint density at radius 2 is 1.90 bits per heavy atom. The van der Waals surface area contributed by atoms with E-state index in [-0.39, 0.29) is 12.3 Å². The summed E-state index contributed by atoms with van der Waals surface area (Å²) in [6, 6.07) is 15.8. The van der Waals surface area contributed by atoms with Gasteiger partial charge >= 0.3 is 5.97 Å². The van der Waals surface area contributed by atoms with E-state index in [9.17, 15) is 9.59 Å². The molecule has 1 fully saturated rings. The van der Waals surface area contributed by atoms with Gasteiger partial charge in [0.25, 0.3) is 5.91 Å². The Bertz CT molecular complexity index is 1060. The van der Waals surface area contributed by atoms with Gasteiger partial charge < -0.3 is 10.4 Å². The van der Waals surface area contributed by atoms with Gasteiger partial charge in [-0.3, -0.25) is 14.9 Å². The van der Waals surface area contributed by atoms with Crippen LogP contribution in [-0.4, -0.2) is 27.7 Å². The molecule has 0 aliphatic heterocycles. The Hall–Kier alpha value is -2.84. The van der Waals surface area contributed by atoms with Crippen LogP contribution in [0.4, 0.5) is 10.8 Å². The minimum Gasteiger partial charge on any atom is -0.481 e. The molecule has 0 radical (unpaired) electrons. The lowest BCUT2D eigenvalue weighted by atomic mass is 10.1. The van der Waals surface area contributed by atoms with Gasteiger partial charge in [-0.15, -0.1) is 23.1 Å². The standard InChI is InChI=1S/C23H23N3O3S2/c27-21(28)11-18-14-31-23(25-18)26-22(29)17-9-7-15(8-10-17)12-24-19-3-1-2-4-20(19)30-13-16-5-6-16/h1-4,7-10,14,16,24H,5-6,11-13H2,(H,27,28)(H,25,26,29). The highest BCUT2D eigenvalue weighted by Gasteiger charge is 2.21. The normalized spacial score (nSPS) is 13.0. The second-order valence-electron chi connectivity index (χ2n) is 7.47. The molecule has 0 spiro atoms. The highest BCUT2D eigenvalue weighted by Crippen LogP contribution is 2.37. The van der Waals surface area contributed by atoms with Gasteiger partial charge in [-0.2, -0.15) is 0 Å². The van der Waals surface area contributed by atoms with E-state index in [1.807, 2.05) is 30.0 Å². The van der Waals surface area contributed by atoms with Crippen molar-refractivity contribution in [2.45, 2.75) is 30.7 Å². The number of hydrogen-bond acceptors (Lipinski definition) is 6. The molecule has 31 heavy (non-hydrogen) atoms. The first kappa shape index (κ1) is 21.4. The van der Waals surface area contributed by atoms with Crippen LogP contribution in [0.3, 0.4) is 0 Å². The lowest BCUT2D eigenvalue weighted by molar-refractivity contribution is -0.136. The van der Waals surface area contributed by atoms with Gasteiger partial charge in [-0.1, -0.05) is 24.3 Å². The molecular formula is C23H23N3O3S2. The monoisotopic (exact) mass is 453 g/mol. The van der Waals surface area contributed by atoms with Crippen LogP contribution in [0.25, 0.3) is 0 Å². The van der Waals surface area contributed by atoms with E-state index >= 15 is 0 Å². The van der Waals surface area contributed by atoms with Crippen LogP contribution in [0.15, 0.2) is 58.8 Å². The van der Waals surface area contributed by atoms with E-state index < -0.39 is 5.97 Å². The summed E-state index contributed by atoms with van der Waals surface area (Å²) in [5.41, 5.74) is 3.18. The first-order chi connectivity index (χ1) is 15.1. The van der Waals surface area contributed by atoms with Crippen LogP contribution in [0.1, 0.15) is 34.5 Å². The van der Waals surface area contributed by atoms with E-state index in [1.165, 1.54) is 34.8 Å². The lowest BCUT2D eigenvalue weighted by Crippen LogP contribution is -2.12. The molecule has 3 N–H and O–H groups in total. The van der Waals surface area contributed by atoms with Crippen LogP contribution in [-0.2, 0) is 17.8 Å². The Labute approximate surface area is 189 Å². The zero-order valence-electron chi connectivity index (χ0n) is 16.8. The molecule has 160 valence electrons. The molecule has 8 heteroatoms. The van der Waals surface area contributed by atoms with Crippen molar-refractivity contribution in [2.24, 2.45) is 5.92 Å². The molecule has 0 saturated heterocycles. The number of thioether (sulfide) groups is 1. The van der Waals surface area contributed by atoms with Gasteiger partial charge in [0.05, 0.1) is 12.1 Å². The van der Waals surface area contributed by atoms with E-state index in [1.54, 1.807) is 17.5 Å². The molecule has 2 aromatic carbocycles. The molecule has 0 atom stereocenters. The Kier molecular flexibility index (Phi) is 6.89. The topological polar surface area (TPSA) is 91.3 Å². The molecular weight excluding hydrogens is 430 g/mol. The number of benzene rings is 2. The maximum atomic E-state index is 12.4. The number of para-hydroxylation sites is 1. The molecule has 1 saturated carbocycles. The number of aromatic nitrogens is 1. The Morgan fingerprint density at radius 1 is 1.13 bits per heavy atom. The van der Waals surface area contributed by atoms with Crippen molar-refractivity contribution in [3.8, 4) is 0 Å². The maximum absolute atomic E-state index is 12.4. The van der Waals surface area contributed by atoms with E-state index in [0.29, 0.717) is 22.9 Å². The summed E-state index contributed by atoms with van der Waals surface area (Å²) in [7, 11) is 0. The third-order valence-corrected chi connectivity index (χ3v) is 6.97. The van der Waals surface area contributed by atoms with E-state index in [0.717, 1.165) is 17.2 Å². The van der Waals surface area contributed by atoms with Gasteiger partial charge in [0.15, 0.2) is 5.13 Å². The molecule has 1 aliphatic rings. The smallest absolute Gasteiger partial charge is 0.309 e. The fourth-order valence-corrected chi connectivity index (χ4v) is 4.90. The third kappa shape index (κ3) is 6.32.